The first-order valence-electron chi connectivity index (χ1n) is 15.3. The lowest BCUT2D eigenvalue weighted by atomic mass is 9.60. The van der Waals surface area contributed by atoms with Crippen LogP contribution in [-0.2, 0) is 14.6 Å². The molecule has 3 aliphatic rings. The molecule has 0 amide bonds. The number of aliphatic hydroxyl groups excluding tert-OH is 1. The zero-order chi connectivity index (χ0) is 30.3. The van der Waals surface area contributed by atoms with Gasteiger partial charge in [-0.3, -0.25) is 4.55 Å². The van der Waals surface area contributed by atoms with Gasteiger partial charge in [-0.05, 0) is 100 Å². The Morgan fingerprint density at radius 1 is 1.26 bits per heavy atom. The van der Waals surface area contributed by atoms with Crippen LogP contribution in [-0.4, -0.2) is 41.0 Å². The number of hydrogen-bond acceptors (Lipinski definition) is 5. The van der Waals surface area contributed by atoms with E-state index in [1.54, 1.807) is 0 Å². The summed E-state index contributed by atoms with van der Waals surface area (Å²) in [7, 11) is -4.53. The highest BCUT2D eigenvalue weighted by Crippen LogP contribution is 2.60. The van der Waals surface area contributed by atoms with E-state index < -0.39 is 41.9 Å². The van der Waals surface area contributed by atoms with Crippen molar-refractivity contribution in [2.24, 2.45) is 23.2 Å². The van der Waals surface area contributed by atoms with Crippen molar-refractivity contribution in [3.8, 4) is 0 Å². The number of aliphatic hydroxyl groups is 2. The topological polar surface area (TPSA) is 104 Å². The van der Waals surface area contributed by atoms with E-state index in [2.05, 4.69) is 26.5 Å². The molecular weight excluding hydrogens is 452 g/mol. The van der Waals surface area contributed by atoms with Crippen LogP contribution in [0.2, 0.25) is 0 Å². The molecule has 0 saturated heterocycles. The fourth-order valence-corrected chi connectivity index (χ4v) is 7.19. The molecule has 3 aliphatic carbocycles. The van der Waals surface area contributed by atoms with Crippen LogP contribution in [0.4, 0.5) is 0 Å². The van der Waals surface area contributed by atoms with E-state index in [9.17, 15) is 18.6 Å². The molecule has 0 aromatic heterocycles. The van der Waals surface area contributed by atoms with Gasteiger partial charge in [-0.15, -0.1) is 0 Å². The molecule has 0 aromatic carbocycles. The van der Waals surface area contributed by atoms with Crippen molar-refractivity contribution in [2.75, 3.05) is 0 Å². The summed E-state index contributed by atoms with van der Waals surface area (Å²) >= 11 is 0. The minimum atomic E-state index is -4.53. The summed E-state index contributed by atoms with van der Waals surface area (Å²) in [4.78, 5) is 0. The monoisotopic (exact) mass is 502 g/mol. The van der Waals surface area contributed by atoms with Crippen LogP contribution in [0.3, 0.4) is 0 Å². The van der Waals surface area contributed by atoms with E-state index in [1.165, 1.54) is 5.57 Å². The molecule has 6 nitrogen and oxygen atoms in total. The Labute approximate surface area is 214 Å². The van der Waals surface area contributed by atoms with Crippen LogP contribution >= 0.6 is 0 Å². The van der Waals surface area contributed by atoms with Gasteiger partial charge in [-0.25, -0.2) is 4.18 Å². The van der Waals surface area contributed by atoms with Crippen molar-refractivity contribution in [1.82, 2.24) is 0 Å². The third kappa shape index (κ3) is 6.61. The Kier molecular flexibility index (Phi) is 6.24. The zero-order valence-electron chi connectivity index (χ0n) is 26.3. The largest absolute Gasteiger partial charge is 0.397 e. The first kappa shape index (κ1) is 20.1. The van der Waals surface area contributed by atoms with Crippen LogP contribution in [0.25, 0.3) is 0 Å². The molecule has 194 valence electrons. The van der Waals surface area contributed by atoms with Gasteiger partial charge in [0.05, 0.1) is 17.8 Å². The lowest BCUT2D eigenvalue weighted by Gasteiger charge is -2.44. The van der Waals surface area contributed by atoms with Crippen LogP contribution in [0.5, 0.6) is 0 Å². The zero-order valence-corrected chi connectivity index (χ0v) is 21.1. The highest BCUT2D eigenvalue weighted by molar-refractivity contribution is 7.80. The highest BCUT2D eigenvalue weighted by atomic mass is 32.3. The number of allylic oxidation sites excluding steroid dienone is 4. The molecule has 0 heterocycles. The lowest BCUT2D eigenvalue weighted by Crippen LogP contribution is -2.38. The maximum Gasteiger partial charge on any atom is 0.397 e. The van der Waals surface area contributed by atoms with Gasteiger partial charge in [0.25, 0.3) is 0 Å². The average molecular weight is 503 g/mol. The fourth-order valence-electron chi connectivity index (χ4n) is 6.68. The number of hydrogen-bond donors (Lipinski definition) is 3. The summed E-state index contributed by atoms with van der Waals surface area (Å²) in [5.41, 5.74) is -0.0493. The Balaban J connectivity index is 1.72. The molecule has 0 aromatic rings. The van der Waals surface area contributed by atoms with Crippen molar-refractivity contribution in [3.63, 3.8) is 0 Å². The fraction of sp³-hybridized carbons (Fsp3) is 0.778. The third-order valence-electron chi connectivity index (χ3n) is 8.53. The van der Waals surface area contributed by atoms with E-state index in [0.717, 1.165) is 43.3 Å². The van der Waals surface area contributed by atoms with Gasteiger partial charge in [-0.2, -0.15) is 8.42 Å². The summed E-state index contributed by atoms with van der Waals surface area (Å²) < 4.78 is 81.6. The second-order valence-electron chi connectivity index (χ2n) is 10.9. The lowest BCUT2D eigenvalue weighted by molar-refractivity contribution is -0.0554. The standard InChI is InChI=1S/C27H44O6S/c1-18-8-12-22(33-34(30,31)32)17-21(18)11-10-20-7-6-16-27(5)23(13-14-24(20)27)19(2)9-15-25(28)26(3,4)29/h10-11,19,22-25,28-29H,1,6-9,12-17H2,2-5H3,(H,30,31,32)/b20-10+,21-11-/t19-,22+,23-,24+,25-,27-/m1/s1/i3D3,4D3. The number of fused-ring (bicyclic) bond motifs is 1. The van der Waals surface area contributed by atoms with Gasteiger partial charge in [0, 0.05) is 14.6 Å². The van der Waals surface area contributed by atoms with Crippen molar-refractivity contribution in [1.29, 1.82) is 0 Å². The first-order chi connectivity index (χ1) is 18.2. The van der Waals surface area contributed by atoms with Crippen molar-refractivity contribution >= 4 is 10.4 Å². The average Bonchev–Trinajstić information content (AvgIpc) is 3.17. The smallest absolute Gasteiger partial charge is 0.390 e. The summed E-state index contributed by atoms with van der Waals surface area (Å²) in [5, 5.41) is 21.2. The van der Waals surface area contributed by atoms with Gasteiger partial charge in [0.15, 0.2) is 0 Å². The van der Waals surface area contributed by atoms with Gasteiger partial charge in [-0.1, -0.05) is 43.7 Å². The minimum absolute atomic E-state index is 0.0164. The van der Waals surface area contributed by atoms with E-state index in [-0.39, 0.29) is 23.7 Å². The number of rotatable bonds is 8. The first-order valence-corrected chi connectivity index (χ1v) is 13.7. The Hall–Kier alpha value is -0.990. The van der Waals surface area contributed by atoms with Gasteiger partial charge >= 0.3 is 10.4 Å². The predicted octanol–water partition coefficient (Wildman–Crippen LogP) is 5.53. The van der Waals surface area contributed by atoms with Crippen molar-refractivity contribution in [3.05, 3.63) is 35.5 Å². The summed E-state index contributed by atoms with van der Waals surface area (Å²) in [6, 6.07) is 0. The maximum absolute atomic E-state index is 11.2. The Bertz CT molecular complexity index is 1100. The van der Waals surface area contributed by atoms with E-state index >= 15 is 0 Å². The van der Waals surface area contributed by atoms with Crippen LogP contribution in [0, 0.1) is 23.2 Å². The SMILES string of the molecule is [2H]C([2H])([2H])C(O)([C@H](O)CC[C@@H](C)[C@H]1CC[C@H]2/C(=C/C=C3/C[C@@H](OS(=O)(=O)O)CCC3=C)CCC[C@]12C)C([2H])([2H])[2H]. The Morgan fingerprint density at radius 3 is 2.68 bits per heavy atom. The molecule has 3 N–H and O–H groups in total. The quantitative estimate of drug-likeness (QED) is 0.377. The molecule has 3 rings (SSSR count). The minimum Gasteiger partial charge on any atom is -0.390 e. The normalized spacial score (nSPS) is 38.3. The molecule has 6 atom stereocenters. The molecule has 3 fully saturated rings. The summed E-state index contributed by atoms with van der Waals surface area (Å²) in [5.74, 6) is 0.696. The summed E-state index contributed by atoms with van der Waals surface area (Å²) in [6.07, 6.45) is 8.16. The molecule has 0 bridgehead atoms. The second-order valence-corrected chi connectivity index (χ2v) is 11.9. The van der Waals surface area contributed by atoms with E-state index in [4.69, 9.17) is 17.0 Å². The predicted molar refractivity (Wildman–Crippen MR) is 134 cm³/mol. The molecular formula is C27H44O6S. The molecule has 3 saturated carbocycles. The van der Waals surface area contributed by atoms with Crippen LogP contribution < -0.4 is 0 Å². The molecule has 0 unspecified atom stereocenters. The van der Waals surface area contributed by atoms with Crippen molar-refractivity contribution < 1.29 is 35.6 Å². The summed E-state index contributed by atoms with van der Waals surface area (Å²) in [6.45, 7) is 1.92. The van der Waals surface area contributed by atoms with Gasteiger partial charge in [0.2, 0.25) is 0 Å². The molecule has 0 radical (unpaired) electrons. The molecule has 0 aliphatic heterocycles. The van der Waals surface area contributed by atoms with Crippen molar-refractivity contribution in [2.45, 2.75) is 110 Å². The molecule has 34 heavy (non-hydrogen) atoms. The third-order valence-corrected chi connectivity index (χ3v) is 9.04. The molecule has 7 heteroatoms. The van der Waals surface area contributed by atoms with Crippen LogP contribution in [0.1, 0.15) is 100.0 Å². The maximum atomic E-state index is 11.2. The van der Waals surface area contributed by atoms with Gasteiger partial charge in [0.1, 0.15) is 0 Å². The Morgan fingerprint density at radius 2 is 2.00 bits per heavy atom. The van der Waals surface area contributed by atoms with E-state index in [0.29, 0.717) is 31.6 Å². The van der Waals surface area contributed by atoms with E-state index in [1.807, 2.05) is 6.08 Å². The second kappa shape index (κ2) is 10.6. The molecule has 0 spiro atoms. The van der Waals surface area contributed by atoms with Gasteiger partial charge < -0.3 is 10.2 Å². The van der Waals surface area contributed by atoms with Crippen LogP contribution in [0.15, 0.2) is 35.5 Å². The highest BCUT2D eigenvalue weighted by Gasteiger charge is 2.50.